The van der Waals surface area contributed by atoms with E-state index >= 15 is 0 Å². The average Bonchev–Trinajstić information content (AvgIpc) is 3.59. The van der Waals surface area contributed by atoms with Crippen molar-refractivity contribution in [3.8, 4) is 39.2 Å². The minimum atomic E-state index is -0.151. The molecule has 11 rings (SSSR count). The number of fused-ring (bicyclic) bond motifs is 7. The first-order valence-electron chi connectivity index (χ1n) is 20.6. The number of rotatable bonds is 6. The summed E-state index contributed by atoms with van der Waals surface area (Å²) in [7, 11) is 2.17. The molecule has 0 fully saturated rings. The first-order valence-corrected chi connectivity index (χ1v) is 20.6. The third-order valence-electron chi connectivity index (χ3n) is 12.2. The van der Waals surface area contributed by atoms with Crippen LogP contribution in [0.15, 0.2) is 193 Å². The molecule has 0 radical (unpaired) electrons. The minimum Gasteiger partial charge on any atom is -0.385 e. The van der Waals surface area contributed by atoms with Crippen LogP contribution in [0.3, 0.4) is 0 Å². The first-order chi connectivity index (χ1) is 29.2. The molecule has 1 aromatic heterocycles. The number of amidine groups is 1. The number of anilines is 3. The van der Waals surface area contributed by atoms with Crippen molar-refractivity contribution in [1.29, 1.82) is 0 Å². The molecule has 3 atom stereocenters. The maximum Gasteiger partial charge on any atom is 0.134 e. The summed E-state index contributed by atoms with van der Waals surface area (Å²) in [6.07, 6.45) is 14.2. The predicted molar refractivity (Wildman–Crippen MR) is 243 cm³/mol. The molecule has 1 aliphatic carbocycles. The van der Waals surface area contributed by atoms with Gasteiger partial charge < -0.3 is 19.7 Å². The topological polar surface area (TPSA) is 47.8 Å². The Kier molecular flexibility index (Phi) is 8.71. The Labute approximate surface area is 345 Å². The van der Waals surface area contributed by atoms with E-state index in [9.17, 15) is 0 Å². The van der Waals surface area contributed by atoms with Gasteiger partial charge in [0.2, 0.25) is 0 Å². The van der Waals surface area contributed by atoms with E-state index in [4.69, 9.17) is 4.99 Å². The molecule has 0 bridgehead atoms. The molecule has 0 amide bonds. The lowest BCUT2D eigenvalue weighted by molar-refractivity contribution is 0.202. The van der Waals surface area contributed by atoms with Crippen molar-refractivity contribution >= 4 is 29.0 Å². The fourth-order valence-electron chi connectivity index (χ4n) is 9.48. The summed E-state index contributed by atoms with van der Waals surface area (Å²) >= 11 is 0. The number of hydrogen-bond donors (Lipinski definition) is 2. The lowest BCUT2D eigenvalue weighted by Crippen LogP contribution is -2.55. The largest absolute Gasteiger partial charge is 0.385 e. The Hall–Kier alpha value is -7.15. The molecule has 2 N–H and O–H groups in total. The fraction of sp³-hybridized carbons (Fsp3) is 0.113. The maximum atomic E-state index is 5.38. The second-order valence-corrected chi connectivity index (χ2v) is 15.7. The molecular weight excluding hydrogens is 721 g/mol. The van der Waals surface area contributed by atoms with E-state index in [0.717, 1.165) is 63.8 Å². The van der Waals surface area contributed by atoms with Crippen LogP contribution in [0.1, 0.15) is 35.0 Å². The second kappa shape index (κ2) is 14.7. The Bertz CT molecular complexity index is 2830. The van der Waals surface area contributed by atoms with E-state index in [0.29, 0.717) is 5.92 Å². The number of para-hydroxylation sites is 3. The van der Waals surface area contributed by atoms with Crippen LogP contribution in [0.4, 0.5) is 17.1 Å². The van der Waals surface area contributed by atoms with Crippen LogP contribution in [0.5, 0.6) is 0 Å². The highest BCUT2D eigenvalue weighted by atomic mass is 15.4. The quantitative estimate of drug-likeness (QED) is 0.177. The highest BCUT2D eigenvalue weighted by Gasteiger charge is 2.35. The second-order valence-electron chi connectivity index (χ2n) is 15.7. The van der Waals surface area contributed by atoms with E-state index in [1.165, 1.54) is 33.6 Å². The molecule has 4 heterocycles. The molecule has 3 aliphatic heterocycles. The molecule has 0 spiro atoms. The molecule has 59 heavy (non-hydrogen) atoms. The zero-order chi connectivity index (χ0) is 39.3. The van der Waals surface area contributed by atoms with Crippen LogP contribution in [-0.2, 0) is 6.54 Å². The number of nitrogens with zero attached hydrogens (tertiary/aromatic N) is 4. The summed E-state index contributed by atoms with van der Waals surface area (Å²) in [5.41, 5.74) is 16.5. The van der Waals surface area contributed by atoms with Gasteiger partial charge in [0.1, 0.15) is 12.0 Å². The third-order valence-corrected chi connectivity index (χ3v) is 12.2. The smallest absolute Gasteiger partial charge is 0.134 e. The van der Waals surface area contributed by atoms with Gasteiger partial charge in [0.15, 0.2) is 0 Å². The van der Waals surface area contributed by atoms with Gasteiger partial charge in [0.25, 0.3) is 0 Å². The van der Waals surface area contributed by atoms with E-state index in [2.05, 4.69) is 226 Å². The third kappa shape index (κ3) is 6.03. The predicted octanol–water partition coefficient (Wildman–Crippen LogP) is 11.8. The molecule has 286 valence electrons. The van der Waals surface area contributed by atoms with Crippen molar-refractivity contribution in [2.24, 2.45) is 10.9 Å². The molecule has 7 aromatic rings. The van der Waals surface area contributed by atoms with E-state index in [1.807, 2.05) is 0 Å². The normalized spacial score (nSPS) is 18.9. The van der Waals surface area contributed by atoms with Crippen molar-refractivity contribution < 1.29 is 0 Å². The van der Waals surface area contributed by atoms with Gasteiger partial charge in [-0.05, 0) is 77.9 Å². The van der Waals surface area contributed by atoms with Gasteiger partial charge in [-0.25, -0.2) is 4.99 Å². The zero-order valence-corrected chi connectivity index (χ0v) is 32.9. The SMILES string of the molecule is CN1C(c2cccc(-c3cccc(N4c5ccccc5-c5c6c(n(-c7ccccc7)c5-c5ccccc54)CNC=C6)c3)c2)=NC(c2ccccc2)NC1C1C=CC=CC1. The highest BCUT2D eigenvalue weighted by Crippen LogP contribution is 2.54. The fourth-order valence-corrected chi connectivity index (χ4v) is 9.48. The number of benzene rings is 6. The van der Waals surface area contributed by atoms with Crippen molar-refractivity contribution in [2.45, 2.75) is 25.3 Å². The van der Waals surface area contributed by atoms with Gasteiger partial charge in [-0.1, -0.05) is 140 Å². The molecule has 0 saturated carbocycles. The maximum absolute atomic E-state index is 5.38. The zero-order valence-electron chi connectivity index (χ0n) is 32.9. The van der Waals surface area contributed by atoms with Crippen LogP contribution >= 0.6 is 0 Å². The molecule has 3 unspecified atom stereocenters. The molecule has 6 nitrogen and oxygen atoms in total. The van der Waals surface area contributed by atoms with Gasteiger partial charge >= 0.3 is 0 Å². The van der Waals surface area contributed by atoms with E-state index in [1.54, 1.807) is 0 Å². The average molecular weight is 765 g/mol. The van der Waals surface area contributed by atoms with Gasteiger partial charge in [-0.15, -0.1) is 0 Å². The monoisotopic (exact) mass is 764 g/mol. The minimum absolute atomic E-state index is 0.0873. The standard InChI is InChI=1S/C53H44N6/c1-57-52(37-19-7-3-8-20-37)55-51(36-17-5-2-6-18-36)56-53(57)40-23-15-21-38(33-40)39-22-16-26-42(34-39)58-46-29-13-11-27-43(46)49-44-31-32-54-35-48(44)59(41-24-9-4-10-25-41)50(49)45-28-12-14-30-47(45)58/h2-19,21-34,37,51-52,54-55H,20,35H2,1H3. The van der Waals surface area contributed by atoms with Crippen LogP contribution < -0.4 is 15.5 Å². The molecule has 4 aliphatic rings. The van der Waals surface area contributed by atoms with Gasteiger partial charge in [-0.2, -0.15) is 0 Å². The summed E-state index contributed by atoms with van der Waals surface area (Å²) in [6, 6.07) is 57.1. The molecule has 6 aromatic carbocycles. The number of aromatic nitrogens is 1. The summed E-state index contributed by atoms with van der Waals surface area (Å²) in [5.74, 6) is 1.31. The van der Waals surface area contributed by atoms with Crippen molar-refractivity contribution in [2.75, 3.05) is 11.9 Å². The van der Waals surface area contributed by atoms with Gasteiger partial charge in [0.05, 0.1) is 35.5 Å². The van der Waals surface area contributed by atoms with Crippen LogP contribution in [-0.4, -0.2) is 28.5 Å². The Morgan fingerprint density at radius 1 is 0.644 bits per heavy atom. The summed E-state index contributed by atoms with van der Waals surface area (Å²) in [5, 5.41) is 7.38. The van der Waals surface area contributed by atoms with E-state index in [-0.39, 0.29) is 12.3 Å². The summed E-state index contributed by atoms with van der Waals surface area (Å²) < 4.78 is 2.47. The number of hydrogen-bond acceptors (Lipinski definition) is 5. The Morgan fingerprint density at radius 3 is 2.12 bits per heavy atom. The number of allylic oxidation sites excluding steroid dienone is 3. The van der Waals surface area contributed by atoms with E-state index < -0.39 is 0 Å². The highest BCUT2D eigenvalue weighted by molar-refractivity contribution is 6.06. The lowest BCUT2D eigenvalue weighted by atomic mass is 9.94. The van der Waals surface area contributed by atoms with Gasteiger partial charge in [-0.3, -0.25) is 5.32 Å². The van der Waals surface area contributed by atoms with Crippen LogP contribution in [0.2, 0.25) is 0 Å². The van der Waals surface area contributed by atoms with Crippen molar-refractivity contribution in [1.82, 2.24) is 20.1 Å². The van der Waals surface area contributed by atoms with Crippen molar-refractivity contribution in [3.05, 3.63) is 211 Å². The van der Waals surface area contributed by atoms with Crippen LogP contribution in [0.25, 0.3) is 45.3 Å². The Balaban J connectivity index is 1.03. The summed E-state index contributed by atoms with van der Waals surface area (Å²) in [6.45, 7) is 0.754. The first kappa shape index (κ1) is 35.0. The lowest BCUT2D eigenvalue weighted by Gasteiger charge is -2.42. The number of aliphatic imine (C=N–C) groups is 1. The van der Waals surface area contributed by atoms with Crippen molar-refractivity contribution in [3.63, 3.8) is 0 Å². The molecule has 0 saturated heterocycles. The Morgan fingerprint density at radius 2 is 1.32 bits per heavy atom. The van der Waals surface area contributed by atoms with Crippen LogP contribution in [0, 0.1) is 5.92 Å². The summed E-state index contributed by atoms with van der Waals surface area (Å²) in [4.78, 5) is 10.2. The number of nitrogens with one attached hydrogen (secondary N) is 2. The van der Waals surface area contributed by atoms with Gasteiger partial charge in [0, 0.05) is 52.2 Å². The molecule has 6 heteroatoms. The molecular formula is C53H44N6.